The number of hydrogen-bond acceptors (Lipinski definition) is 2. The van der Waals surface area contributed by atoms with Gasteiger partial charge in [-0.05, 0) is 37.0 Å². The second-order valence-electron chi connectivity index (χ2n) is 8.91. The molecule has 0 N–H and O–H groups in total. The van der Waals surface area contributed by atoms with E-state index in [1.54, 1.807) is 0 Å². The Morgan fingerprint density at radius 2 is 1.89 bits per heavy atom. The van der Waals surface area contributed by atoms with Crippen LogP contribution in [0.5, 0.6) is 0 Å². The molecule has 1 heterocycles. The minimum absolute atomic E-state index is 0.397. The maximum absolute atomic E-state index is 6.33. The second-order valence-corrected chi connectivity index (χ2v) is 8.91. The van der Waals surface area contributed by atoms with E-state index in [1.165, 1.54) is 57.8 Å². The summed E-state index contributed by atoms with van der Waals surface area (Å²) in [4.78, 5) is 0. The van der Waals surface area contributed by atoms with Crippen molar-refractivity contribution in [1.82, 2.24) is 4.57 Å². The first-order valence-electron chi connectivity index (χ1n) is 11.3. The molecule has 1 aromatic rings. The molecule has 0 amide bonds. The molecule has 0 radical (unpaired) electrons. The fourth-order valence-electron chi connectivity index (χ4n) is 4.23. The summed E-state index contributed by atoms with van der Waals surface area (Å²) in [6.45, 7) is 11.4. The number of nitrogens with zero attached hydrogens (tertiary/aromatic N) is 2. The summed E-state index contributed by atoms with van der Waals surface area (Å²) in [7, 11) is 0. The molecule has 4 nitrogen and oxygen atoms in total. The average molecular weight is 380 g/mol. The Kier molecular flexibility index (Phi) is 10.4. The molecule has 0 aliphatic heterocycles. The zero-order valence-corrected chi connectivity index (χ0v) is 18.2. The molecule has 1 aliphatic rings. The van der Waals surface area contributed by atoms with Crippen molar-refractivity contribution in [3.63, 3.8) is 0 Å². The van der Waals surface area contributed by atoms with Gasteiger partial charge in [0.1, 0.15) is 12.4 Å². The lowest BCUT2D eigenvalue weighted by atomic mass is 9.75. The van der Waals surface area contributed by atoms with Gasteiger partial charge in [-0.25, -0.2) is 9.13 Å². The van der Waals surface area contributed by atoms with Gasteiger partial charge in [-0.3, -0.25) is 0 Å². The minimum atomic E-state index is 0.397. The zero-order valence-electron chi connectivity index (χ0n) is 18.2. The Morgan fingerprint density at radius 1 is 1.11 bits per heavy atom. The highest BCUT2D eigenvalue weighted by atomic mass is 16.5. The first-order valence-corrected chi connectivity index (χ1v) is 11.3. The van der Waals surface area contributed by atoms with Crippen molar-refractivity contribution in [1.29, 1.82) is 0 Å². The number of unbranched alkanes of at least 4 members (excludes halogenated alkanes) is 5. The molecular formula is C23H43N2O2+. The van der Waals surface area contributed by atoms with Crippen molar-refractivity contribution in [2.75, 3.05) is 6.61 Å². The van der Waals surface area contributed by atoms with E-state index in [0.29, 0.717) is 31.4 Å². The maximum Gasteiger partial charge on any atom is 0.247 e. The van der Waals surface area contributed by atoms with Crippen molar-refractivity contribution in [3.8, 4) is 0 Å². The van der Waals surface area contributed by atoms with Gasteiger partial charge in [-0.15, -0.1) is 0 Å². The zero-order chi connectivity index (χ0) is 19.5. The highest BCUT2D eigenvalue weighted by Crippen LogP contribution is 2.35. The minimum Gasteiger partial charge on any atom is -0.342 e. The first kappa shape index (κ1) is 22.4. The normalized spacial score (nSPS) is 23.2. The van der Waals surface area contributed by atoms with E-state index in [9.17, 15) is 0 Å². The molecule has 0 aromatic carbocycles. The van der Waals surface area contributed by atoms with Crippen molar-refractivity contribution >= 4 is 0 Å². The number of imidazole rings is 1. The Bertz CT molecular complexity index is 500. The fourth-order valence-corrected chi connectivity index (χ4v) is 4.23. The Hall–Kier alpha value is -0.870. The lowest BCUT2D eigenvalue weighted by Crippen LogP contribution is -2.35. The summed E-state index contributed by atoms with van der Waals surface area (Å²) < 4.78 is 16.4. The third-order valence-corrected chi connectivity index (χ3v) is 6.03. The molecule has 2 rings (SSSR count). The maximum atomic E-state index is 6.33. The van der Waals surface area contributed by atoms with Crippen LogP contribution in [0.3, 0.4) is 0 Å². The van der Waals surface area contributed by atoms with Crippen LogP contribution in [-0.2, 0) is 22.9 Å². The lowest BCUT2D eigenvalue weighted by Gasteiger charge is -2.36. The molecular weight excluding hydrogens is 336 g/mol. The van der Waals surface area contributed by atoms with Crippen LogP contribution in [0.1, 0.15) is 85.5 Å². The summed E-state index contributed by atoms with van der Waals surface area (Å²) in [6, 6.07) is 0. The molecule has 27 heavy (non-hydrogen) atoms. The number of ether oxygens (including phenoxy) is 2. The Morgan fingerprint density at radius 3 is 2.67 bits per heavy atom. The molecule has 1 aliphatic carbocycles. The van der Waals surface area contributed by atoms with Crippen LogP contribution < -0.4 is 4.57 Å². The number of hydrogen-bond donors (Lipinski definition) is 0. The molecule has 3 atom stereocenters. The standard InChI is InChI=1S/C23H43N2O2/c1-5-6-7-8-9-10-15-26-18-24-13-14-25(17-24)19-27-23-16-21(4)11-12-22(23)20(2)3/h13-14,17,20-23H,5-12,15-16,18-19H2,1-4H3/q+1/t21-,22+,23-/m1/s1. The topological polar surface area (TPSA) is 27.3 Å². The van der Waals surface area contributed by atoms with Gasteiger partial charge in [0.2, 0.25) is 6.33 Å². The highest BCUT2D eigenvalue weighted by molar-refractivity contribution is 4.81. The van der Waals surface area contributed by atoms with Gasteiger partial charge in [0.05, 0.1) is 12.7 Å². The van der Waals surface area contributed by atoms with Crippen LogP contribution in [0, 0.1) is 17.8 Å². The monoisotopic (exact) mass is 379 g/mol. The quantitative estimate of drug-likeness (QED) is 0.332. The van der Waals surface area contributed by atoms with E-state index in [-0.39, 0.29) is 0 Å². The summed E-state index contributed by atoms with van der Waals surface area (Å²) in [5, 5.41) is 0. The third kappa shape index (κ3) is 8.35. The van der Waals surface area contributed by atoms with E-state index < -0.39 is 0 Å². The largest absolute Gasteiger partial charge is 0.342 e. The van der Waals surface area contributed by atoms with E-state index in [1.807, 2.05) is 0 Å². The fraction of sp³-hybridized carbons (Fsp3) is 0.870. The van der Waals surface area contributed by atoms with Gasteiger partial charge in [-0.1, -0.05) is 66.2 Å². The molecule has 1 fully saturated rings. The van der Waals surface area contributed by atoms with Crippen LogP contribution in [-0.4, -0.2) is 17.3 Å². The van der Waals surface area contributed by atoms with Gasteiger partial charge < -0.3 is 9.47 Å². The summed E-state index contributed by atoms with van der Waals surface area (Å²) in [6.07, 6.45) is 18.4. The van der Waals surface area contributed by atoms with Gasteiger partial charge in [0.25, 0.3) is 0 Å². The second kappa shape index (κ2) is 12.6. The van der Waals surface area contributed by atoms with Crippen molar-refractivity contribution in [3.05, 3.63) is 18.7 Å². The number of aromatic nitrogens is 2. The highest BCUT2D eigenvalue weighted by Gasteiger charge is 2.31. The molecule has 1 saturated carbocycles. The van der Waals surface area contributed by atoms with E-state index in [4.69, 9.17) is 9.47 Å². The summed E-state index contributed by atoms with van der Waals surface area (Å²) in [5.41, 5.74) is 0. The van der Waals surface area contributed by atoms with Crippen molar-refractivity contribution in [2.24, 2.45) is 17.8 Å². The average Bonchev–Trinajstić information content (AvgIpc) is 3.10. The van der Waals surface area contributed by atoms with Crippen LogP contribution >= 0.6 is 0 Å². The van der Waals surface area contributed by atoms with E-state index >= 15 is 0 Å². The van der Waals surface area contributed by atoms with Crippen molar-refractivity contribution < 1.29 is 14.0 Å². The summed E-state index contributed by atoms with van der Waals surface area (Å²) in [5.74, 6) is 2.19. The van der Waals surface area contributed by atoms with Crippen LogP contribution in [0.25, 0.3) is 0 Å². The van der Waals surface area contributed by atoms with Gasteiger partial charge >= 0.3 is 0 Å². The molecule has 156 valence electrons. The Labute approximate surface area is 167 Å². The van der Waals surface area contributed by atoms with Crippen molar-refractivity contribution in [2.45, 2.75) is 105 Å². The molecule has 0 bridgehead atoms. The third-order valence-electron chi connectivity index (χ3n) is 6.03. The van der Waals surface area contributed by atoms with Crippen LogP contribution in [0.15, 0.2) is 18.7 Å². The molecule has 0 unspecified atom stereocenters. The van der Waals surface area contributed by atoms with Crippen LogP contribution in [0.2, 0.25) is 0 Å². The molecule has 0 saturated heterocycles. The van der Waals surface area contributed by atoms with E-state index in [2.05, 4.69) is 55.6 Å². The predicted molar refractivity (Wildman–Crippen MR) is 110 cm³/mol. The van der Waals surface area contributed by atoms with Gasteiger partial charge in [0, 0.05) is 0 Å². The predicted octanol–water partition coefficient (Wildman–Crippen LogP) is 5.55. The molecule has 1 aromatic heterocycles. The van der Waals surface area contributed by atoms with E-state index in [0.717, 1.165) is 12.5 Å². The smallest absolute Gasteiger partial charge is 0.247 e. The Balaban J connectivity index is 1.63. The molecule has 0 spiro atoms. The van der Waals surface area contributed by atoms with Gasteiger partial charge in [0.15, 0.2) is 13.5 Å². The summed E-state index contributed by atoms with van der Waals surface area (Å²) >= 11 is 0. The lowest BCUT2D eigenvalue weighted by molar-refractivity contribution is -0.732. The first-order chi connectivity index (χ1) is 13.1. The SMILES string of the molecule is CCCCCCCCOC[n+]1ccn(CO[C@@H]2C[C@H](C)CC[C@H]2C(C)C)c1. The molecule has 4 heteroatoms. The van der Waals surface area contributed by atoms with Crippen LogP contribution in [0.4, 0.5) is 0 Å². The number of rotatable bonds is 13. The van der Waals surface area contributed by atoms with Gasteiger partial charge in [-0.2, -0.15) is 0 Å².